The Morgan fingerprint density at radius 1 is 0.564 bits per heavy atom. The van der Waals surface area contributed by atoms with Gasteiger partial charge in [0.1, 0.15) is 40.5 Å². The zero-order chi connectivity index (χ0) is 70.4. The quantitative estimate of drug-likeness (QED) is 0.0181. The van der Waals surface area contributed by atoms with Gasteiger partial charge in [-0.25, -0.2) is 0 Å². The number of methoxy groups -OCH3 is 4. The Balaban J connectivity index is 0.00000129. The second-order valence-corrected chi connectivity index (χ2v) is 27.3. The van der Waals surface area contributed by atoms with Crippen molar-refractivity contribution >= 4 is 150 Å². The van der Waals surface area contributed by atoms with Crippen LogP contribution in [-0.4, -0.2) is 81.8 Å². The number of Topliss-reactive ketones (excluding diaryl/α,β-unsaturated/α-hetero) is 3. The van der Waals surface area contributed by atoms with Crippen LogP contribution < -0.4 is 247 Å². The molecule has 9 aromatic rings. The van der Waals surface area contributed by atoms with Gasteiger partial charge in [0.05, 0.1) is 66.5 Å². The number of carbonyl (C=O) groups is 8. The third kappa shape index (κ3) is 28.8. The SMILES string of the molecule is COC(=O)CC(=O)CC(N)(c1ccc(OC)cc1)c1ccsc1.COc1ccc(C2(c3ccsc3)CC(=O)C(Sc3ccccc3Cl)C(=O)N2)cc1.COc1ccc(C2(c3ccsc3)CC(=O)CC(=O)N2)cc1.Clc1ccccc1SSc1ccccc1Cl.O=CO[O-].O=CO[O-].[H-].[H-].[K+].[K+].[K+].[K+]. The number of halogens is 3. The molecule has 0 radical (unpaired) electrons. The third-order valence-corrected chi connectivity index (χ3v) is 21.6. The first-order valence-electron chi connectivity index (χ1n) is 28.5. The Morgan fingerprint density at radius 3 is 1.34 bits per heavy atom. The molecule has 2 aliphatic rings. The zero-order valence-electron chi connectivity index (χ0n) is 58.0. The molecule has 2 saturated heterocycles. The molecule has 19 nitrogen and oxygen atoms in total. The summed E-state index contributed by atoms with van der Waals surface area (Å²) in [6, 6.07) is 50.8. The van der Waals surface area contributed by atoms with Crippen LogP contribution in [0, 0.1) is 0 Å². The summed E-state index contributed by atoms with van der Waals surface area (Å²) in [5.74, 6) is 0.645. The molecule has 32 heteroatoms. The number of esters is 1. The molecule has 4 unspecified atom stereocenters. The molecule has 0 aliphatic carbocycles. The summed E-state index contributed by atoms with van der Waals surface area (Å²) in [6.45, 7) is -0.361. The average Bonchev–Trinajstić information content (AvgIpc) is 1.73. The fourth-order valence-corrected chi connectivity index (χ4v) is 16.1. The van der Waals surface area contributed by atoms with E-state index in [9.17, 15) is 28.8 Å². The number of hydrogen-bond acceptors (Lipinski definition) is 23. The van der Waals surface area contributed by atoms with Gasteiger partial charge in [0.2, 0.25) is 11.8 Å². The van der Waals surface area contributed by atoms with Crippen molar-refractivity contribution in [1.29, 1.82) is 0 Å². The van der Waals surface area contributed by atoms with Crippen LogP contribution in [0.4, 0.5) is 0 Å². The molecular weight excluding hydrogens is 1580 g/mol. The molecule has 11 rings (SSSR count). The van der Waals surface area contributed by atoms with Gasteiger partial charge in [-0.1, -0.05) is 129 Å². The molecule has 512 valence electrons. The van der Waals surface area contributed by atoms with Crippen LogP contribution in [0.3, 0.4) is 0 Å². The van der Waals surface area contributed by atoms with E-state index < -0.39 is 27.8 Å². The van der Waals surface area contributed by atoms with E-state index in [1.165, 1.54) is 41.5 Å². The Hall–Kier alpha value is -1.47. The molecule has 0 spiro atoms. The number of nitrogens with one attached hydrogen (secondary N) is 2. The van der Waals surface area contributed by atoms with Crippen molar-refractivity contribution in [2.24, 2.45) is 5.73 Å². The molecule has 4 N–H and O–H groups in total. The maximum absolute atomic E-state index is 13.2. The number of rotatable bonds is 20. The number of piperidine rings is 2. The fraction of sp³-hybridized carbons (Fsp3) is 0.188. The van der Waals surface area contributed by atoms with Gasteiger partial charge >= 0.3 is 212 Å². The van der Waals surface area contributed by atoms with Crippen LogP contribution >= 0.6 is 102 Å². The predicted molar refractivity (Wildman–Crippen MR) is 377 cm³/mol. The van der Waals surface area contributed by atoms with Crippen molar-refractivity contribution in [2.75, 3.05) is 28.4 Å². The van der Waals surface area contributed by atoms with E-state index in [2.05, 4.69) is 25.1 Å². The van der Waals surface area contributed by atoms with E-state index in [1.807, 2.05) is 178 Å². The van der Waals surface area contributed by atoms with Gasteiger partial charge in [-0.15, -0.1) is 11.8 Å². The van der Waals surface area contributed by atoms with Gasteiger partial charge in [0.15, 0.2) is 5.78 Å². The van der Waals surface area contributed by atoms with E-state index in [0.717, 1.165) is 69.6 Å². The van der Waals surface area contributed by atoms with E-state index >= 15 is 0 Å². The first-order chi connectivity index (χ1) is 46.8. The number of ketones is 3. The molecule has 0 saturated carbocycles. The fourth-order valence-electron chi connectivity index (χ4n) is 9.77. The monoisotopic (exact) mass is 1640 g/mol. The first-order valence-corrected chi connectivity index (χ1v) is 35.5. The van der Waals surface area contributed by atoms with Gasteiger partial charge in [0, 0.05) is 33.9 Å². The summed E-state index contributed by atoms with van der Waals surface area (Å²) >= 11 is 24.1. The minimum Gasteiger partial charge on any atom is -1.00 e. The van der Waals surface area contributed by atoms with Gasteiger partial charge in [-0.3, -0.25) is 38.4 Å². The summed E-state index contributed by atoms with van der Waals surface area (Å²) in [6.07, 6.45) is 0.147. The molecule has 101 heavy (non-hydrogen) atoms. The molecule has 2 aliphatic heterocycles. The Bertz CT molecular complexity index is 3950. The summed E-state index contributed by atoms with van der Waals surface area (Å²) in [5.41, 5.74) is 9.15. The Kier molecular flexibility index (Phi) is 47.6. The second-order valence-electron chi connectivity index (χ2n) is 20.4. The van der Waals surface area contributed by atoms with Gasteiger partial charge < -0.3 is 58.5 Å². The third-order valence-electron chi connectivity index (χ3n) is 14.4. The Labute approximate surface area is 797 Å². The van der Waals surface area contributed by atoms with Crippen molar-refractivity contribution < 1.29 is 286 Å². The first kappa shape index (κ1) is 95.6. The van der Waals surface area contributed by atoms with E-state index in [4.69, 9.17) is 74.9 Å². The molecular formula is C69H64Cl3K4N3O16S6. The van der Waals surface area contributed by atoms with Crippen LogP contribution in [0.2, 0.25) is 15.1 Å². The van der Waals surface area contributed by atoms with Crippen LogP contribution in [0.1, 0.15) is 68.3 Å². The Morgan fingerprint density at radius 2 is 0.970 bits per heavy atom. The molecule has 3 aromatic heterocycles. The minimum atomic E-state index is -0.989. The van der Waals surface area contributed by atoms with Crippen molar-refractivity contribution in [2.45, 2.75) is 68.7 Å². The normalized spacial score (nSPS) is 15.8. The number of carbonyl (C=O) groups excluding carboxylic acids is 8. The maximum atomic E-state index is 13.2. The number of hydrogen-bond donors (Lipinski definition) is 3. The summed E-state index contributed by atoms with van der Waals surface area (Å²) in [7, 11) is 9.28. The van der Waals surface area contributed by atoms with E-state index in [1.54, 1.807) is 72.5 Å². The molecule has 2 fully saturated rings. The van der Waals surface area contributed by atoms with Crippen LogP contribution in [-0.2, 0) is 69.5 Å². The largest absolute Gasteiger partial charge is 1.00 e. The topological polar surface area (TPSA) is 288 Å². The van der Waals surface area contributed by atoms with E-state index in [0.29, 0.717) is 10.8 Å². The molecule has 0 bridgehead atoms. The number of ether oxygens (including phenoxy) is 4. The number of nitrogens with two attached hydrogens (primary N) is 1. The van der Waals surface area contributed by atoms with Gasteiger partial charge in [0.25, 0.3) is 12.9 Å². The average molecular weight is 1650 g/mol. The molecule has 6 aromatic carbocycles. The maximum Gasteiger partial charge on any atom is 1.00 e. The van der Waals surface area contributed by atoms with Crippen molar-refractivity contribution in [3.05, 3.63) is 245 Å². The zero-order valence-corrected chi connectivity index (χ0v) is 75.7. The van der Waals surface area contributed by atoms with Crippen molar-refractivity contribution in [3.63, 3.8) is 0 Å². The van der Waals surface area contributed by atoms with Gasteiger partial charge in [-0.05, 0) is 157 Å². The standard InChI is InChI=1S/C22H18ClNO3S2.C17H19NO4S.C16H15NO3S.C12H8Cl2S2.2CH2O3.4K.2H/c1-27-16-8-6-14(7-9-16)22(15-10-11-28-13-15)12-18(25)20(21(26)24-22)29-19-5-3-2-4-17(19)23;1-21-15-5-3-12(4-6-15)17(18,13-7-8-23-11-13)10-14(19)9-16(20)22-2;1-20-14-4-2-11(3-5-14)16(12-6-7-21-10-12)9-13(18)8-15(19)17-16;13-9-5-1-3-7-11(9)15-16-12-8-4-2-6-10(12)14;2*2-1-4-3;;;;;;/h2-11,13,20H,12H2,1H3,(H,24,26);3-8,11H,9-10,18H2,1-2H3;2-7,10H,8-9H2,1H3,(H,17,19);1-8H;2*1,3H;;;;;;/q;;;;;;4*+1;2*-1/p-2. The molecule has 2 amide bonds. The summed E-state index contributed by atoms with van der Waals surface area (Å²) < 4.78 is 20.1. The van der Waals surface area contributed by atoms with E-state index in [-0.39, 0.29) is 283 Å². The van der Waals surface area contributed by atoms with Crippen LogP contribution in [0.5, 0.6) is 17.2 Å². The number of thiophene rings is 3. The van der Waals surface area contributed by atoms with Gasteiger partial charge in [-0.2, -0.15) is 34.0 Å². The smallest absolute Gasteiger partial charge is 1.00 e. The number of amides is 2. The van der Waals surface area contributed by atoms with Crippen molar-refractivity contribution in [1.82, 2.24) is 10.6 Å². The number of thioether (sulfide) groups is 1. The van der Waals surface area contributed by atoms with Crippen molar-refractivity contribution in [3.8, 4) is 17.2 Å². The second kappa shape index (κ2) is 50.3. The van der Waals surface area contributed by atoms with Crippen LogP contribution in [0.25, 0.3) is 0 Å². The predicted octanol–water partition coefficient (Wildman–Crippen LogP) is 0.768. The molecule has 4 atom stereocenters. The van der Waals surface area contributed by atoms with Crippen LogP contribution in [0.15, 0.2) is 211 Å². The molecule has 5 heterocycles. The summed E-state index contributed by atoms with van der Waals surface area (Å²) in [5, 5.41) is 35.9. The minimum absolute atomic E-state index is 0. The summed E-state index contributed by atoms with van der Waals surface area (Å²) in [4.78, 5) is 99.1. The number of benzene rings is 6.